The van der Waals surface area contributed by atoms with E-state index in [9.17, 15) is 20.1 Å². The van der Waals surface area contributed by atoms with E-state index in [0.717, 1.165) is 0 Å². The molecule has 112 valence electrons. The molecule has 0 unspecified atom stereocenters. The second-order valence-corrected chi connectivity index (χ2v) is 7.29. The van der Waals surface area contributed by atoms with Crippen molar-refractivity contribution in [3.8, 4) is 0 Å². The van der Waals surface area contributed by atoms with E-state index in [2.05, 4.69) is 0 Å². The molecule has 5 nitrogen and oxygen atoms in total. The Kier molecular flexibility index (Phi) is 2.50. The molecule has 3 N–H and O–H groups in total. The van der Waals surface area contributed by atoms with Crippen LogP contribution in [0.1, 0.15) is 40.0 Å². The third-order valence-corrected chi connectivity index (χ3v) is 6.14. The van der Waals surface area contributed by atoms with Gasteiger partial charge in [0.2, 0.25) is 0 Å². The fourth-order valence-corrected chi connectivity index (χ4v) is 4.51. The Hall–Kier alpha value is -0.750. The molecule has 2 fully saturated rings. The summed E-state index contributed by atoms with van der Waals surface area (Å²) in [6.07, 6.45) is 4.26. The van der Waals surface area contributed by atoms with Crippen LogP contribution in [0.4, 0.5) is 0 Å². The normalized spacial score (nSPS) is 53.0. The Morgan fingerprint density at radius 2 is 1.90 bits per heavy atom. The van der Waals surface area contributed by atoms with Gasteiger partial charge in [-0.1, -0.05) is 19.9 Å². The third kappa shape index (κ3) is 1.25. The molecule has 2 aliphatic carbocycles. The molecular formula is C15H22O5. The first-order chi connectivity index (χ1) is 9.06. The van der Waals surface area contributed by atoms with E-state index in [1.54, 1.807) is 6.92 Å². The lowest BCUT2D eigenvalue weighted by Crippen LogP contribution is -2.61. The number of ether oxygens (including phenoxy) is 1. The molecule has 0 aromatic carbocycles. The number of aliphatic hydroxyl groups excluding tert-OH is 1. The van der Waals surface area contributed by atoms with Crippen molar-refractivity contribution >= 4 is 5.78 Å². The maximum Gasteiger partial charge on any atom is 0.199 e. The monoisotopic (exact) mass is 282 g/mol. The molecule has 1 aliphatic heterocycles. The number of carbonyl (C=O) groups is 1. The first kappa shape index (κ1) is 14.2. The number of hydrogen-bond acceptors (Lipinski definition) is 5. The number of hydrogen-bond donors (Lipinski definition) is 3. The van der Waals surface area contributed by atoms with E-state index in [0.29, 0.717) is 6.42 Å². The van der Waals surface area contributed by atoms with Gasteiger partial charge in [-0.05, 0) is 31.3 Å². The van der Waals surface area contributed by atoms with Crippen LogP contribution in [0.25, 0.3) is 0 Å². The smallest absolute Gasteiger partial charge is 0.199 e. The summed E-state index contributed by atoms with van der Waals surface area (Å²) < 4.78 is 5.75. The van der Waals surface area contributed by atoms with Gasteiger partial charge in [0.15, 0.2) is 11.6 Å². The first-order valence-electron chi connectivity index (χ1n) is 7.05. The van der Waals surface area contributed by atoms with Crippen LogP contribution in [0.2, 0.25) is 0 Å². The zero-order valence-electron chi connectivity index (χ0n) is 12.1. The SMILES string of the molecule is CC1(C)C=CC(=O)[C@]2(C)O[C@]3(O)C[C@]12CC[C@@]3(O)CO. The van der Waals surface area contributed by atoms with Crippen LogP contribution in [-0.4, -0.2) is 44.7 Å². The van der Waals surface area contributed by atoms with Gasteiger partial charge in [-0.25, -0.2) is 0 Å². The lowest BCUT2D eigenvalue weighted by atomic mass is 9.48. The molecule has 4 atom stereocenters. The van der Waals surface area contributed by atoms with Crippen molar-refractivity contribution in [1.29, 1.82) is 0 Å². The highest BCUT2D eigenvalue weighted by molar-refractivity contribution is 5.99. The maximum atomic E-state index is 12.4. The second kappa shape index (κ2) is 3.53. The summed E-state index contributed by atoms with van der Waals surface area (Å²) >= 11 is 0. The Labute approximate surface area is 118 Å². The van der Waals surface area contributed by atoms with E-state index < -0.39 is 29.0 Å². The summed E-state index contributed by atoms with van der Waals surface area (Å²) in [7, 11) is 0. The number of carbonyl (C=O) groups excluding carboxylic acids is 1. The van der Waals surface area contributed by atoms with Crippen molar-refractivity contribution in [3.05, 3.63) is 12.2 Å². The molecule has 0 radical (unpaired) electrons. The number of ketones is 1. The third-order valence-electron chi connectivity index (χ3n) is 6.14. The minimum atomic E-state index is -1.88. The Balaban J connectivity index is 2.20. The van der Waals surface area contributed by atoms with E-state index in [1.165, 1.54) is 6.08 Å². The summed E-state index contributed by atoms with van der Waals surface area (Å²) in [5.74, 6) is -2.07. The van der Waals surface area contributed by atoms with Crippen LogP contribution >= 0.6 is 0 Å². The van der Waals surface area contributed by atoms with Crippen LogP contribution < -0.4 is 0 Å². The van der Waals surface area contributed by atoms with Gasteiger partial charge in [0, 0.05) is 11.8 Å². The van der Waals surface area contributed by atoms with Gasteiger partial charge in [0.25, 0.3) is 0 Å². The molecule has 0 aromatic heterocycles. The highest BCUT2D eigenvalue weighted by Crippen LogP contribution is 2.69. The molecule has 2 bridgehead atoms. The Morgan fingerprint density at radius 1 is 1.25 bits per heavy atom. The van der Waals surface area contributed by atoms with Gasteiger partial charge in [-0.3, -0.25) is 4.79 Å². The van der Waals surface area contributed by atoms with Gasteiger partial charge >= 0.3 is 0 Å². The number of aliphatic hydroxyl groups is 3. The number of fused-ring (bicyclic) bond motifs is 1. The molecule has 0 aromatic rings. The average Bonchev–Trinajstić information content (AvgIpc) is 2.60. The van der Waals surface area contributed by atoms with E-state index in [1.807, 2.05) is 19.9 Å². The quantitative estimate of drug-likeness (QED) is 0.653. The van der Waals surface area contributed by atoms with E-state index in [-0.39, 0.29) is 24.0 Å². The Bertz CT molecular complexity index is 512. The predicted octanol–water partition coefficient (Wildman–Crippen LogP) is 0.523. The molecular weight excluding hydrogens is 260 g/mol. The minimum absolute atomic E-state index is 0.149. The summed E-state index contributed by atoms with van der Waals surface area (Å²) in [4.78, 5) is 12.4. The fourth-order valence-electron chi connectivity index (χ4n) is 4.51. The standard InChI is InChI=1S/C15H22O5/c1-11(2)5-4-10(17)12(3)13(11)6-7-14(18,9-16)15(19,8-13)20-12/h4-5,16,18-19H,6-9H2,1-3H3/t12-,13+,14+,15+/m0/s1. The van der Waals surface area contributed by atoms with Gasteiger partial charge in [0.05, 0.1) is 6.61 Å². The first-order valence-corrected chi connectivity index (χ1v) is 7.05. The lowest BCUT2D eigenvalue weighted by molar-refractivity contribution is -0.308. The van der Waals surface area contributed by atoms with Gasteiger partial charge < -0.3 is 20.1 Å². The van der Waals surface area contributed by atoms with Crippen LogP contribution in [0.15, 0.2) is 12.2 Å². The topological polar surface area (TPSA) is 87.0 Å². The predicted molar refractivity (Wildman–Crippen MR) is 70.7 cm³/mol. The highest BCUT2D eigenvalue weighted by Gasteiger charge is 2.77. The maximum absolute atomic E-state index is 12.4. The molecule has 5 heteroatoms. The molecule has 3 aliphatic rings. The molecule has 3 rings (SSSR count). The minimum Gasteiger partial charge on any atom is -0.393 e. The van der Waals surface area contributed by atoms with Crippen LogP contribution in [0.3, 0.4) is 0 Å². The van der Waals surface area contributed by atoms with E-state index in [4.69, 9.17) is 4.74 Å². The van der Waals surface area contributed by atoms with Crippen LogP contribution in [-0.2, 0) is 9.53 Å². The average molecular weight is 282 g/mol. The van der Waals surface area contributed by atoms with Crippen LogP contribution in [0, 0.1) is 10.8 Å². The summed E-state index contributed by atoms with van der Waals surface area (Å²) in [5, 5.41) is 30.7. The van der Waals surface area contributed by atoms with Crippen molar-refractivity contribution in [2.45, 2.75) is 57.0 Å². The van der Waals surface area contributed by atoms with Crippen molar-refractivity contribution in [3.63, 3.8) is 0 Å². The van der Waals surface area contributed by atoms with Gasteiger partial charge in [-0.15, -0.1) is 0 Å². The molecule has 1 saturated carbocycles. The van der Waals surface area contributed by atoms with Crippen molar-refractivity contribution < 1.29 is 24.9 Å². The van der Waals surface area contributed by atoms with Crippen molar-refractivity contribution in [1.82, 2.24) is 0 Å². The van der Waals surface area contributed by atoms with Crippen LogP contribution in [0.5, 0.6) is 0 Å². The summed E-state index contributed by atoms with van der Waals surface area (Å²) in [5.41, 5.74) is -3.78. The zero-order chi connectivity index (χ0) is 15.0. The Morgan fingerprint density at radius 3 is 2.50 bits per heavy atom. The van der Waals surface area contributed by atoms with E-state index >= 15 is 0 Å². The van der Waals surface area contributed by atoms with Gasteiger partial charge in [0.1, 0.15) is 11.2 Å². The number of rotatable bonds is 1. The van der Waals surface area contributed by atoms with Crippen molar-refractivity contribution in [2.75, 3.05) is 6.61 Å². The van der Waals surface area contributed by atoms with Crippen molar-refractivity contribution in [2.24, 2.45) is 10.8 Å². The van der Waals surface area contributed by atoms with Gasteiger partial charge in [-0.2, -0.15) is 0 Å². The fraction of sp³-hybridized carbons (Fsp3) is 0.800. The molecule has 1 spiro atoms. The molecule has 0 amide bonds. The largest absolute Gasteiger partial charge is 0.393 e. The highest BCUT2D eigenvalue weighted by atomic mass is 16.7. The lowest BCUT2D eigenvalue weighted by Gasteiger charge is -2.54. The molecule has 1 saturated heterocycles. The summed E-state index contributed by atoms with van der Waals surface area (Å²) in [6, 6.07) is 0. The summed E-state index contributed by atoms with van der Waals surface area (Å²) in [6.45, 7) is 5.15. The zero-order valence-corrected chi connectivity index (χ0v) is 12.1. The second-order valence-electron chi connectivity index (χ2n) is 7.29. The number of allylic oxidation sites excluding steroid dienone is 1. The molecule has 1 heterocycles. The molecule has 20 heavy (non-hydrogen) atoms.